The van der Waals surface area contributed by atoms with E-state index in [-0.39, 0.29) is 24.4 Å². The van der Waals surface area contributed by atoms with Crippen molar-refractivity contribution in [1.82, 2.24) is 10.2 Å². The van der Waals surface area contributed by atoms with Crippen LogP contribution < -0.4 is 11.1 Å². The Morgan fingerprint density at radius 1 is 1.38 bits per heavy atom. The Kier molecular flexibility index (Phi) is 5.61. The first-order valence-electron chi connectivity index (χ1n) is 6.72. The van der Waals surface area contributed by atoms with Crippen LogP contribution in [-0.4, -0.2) is 42.4 Å². The number of primary amides is 1. The largest absolute Gasteiger partial charge is 0.369 e. The summed E-state index contributed by atoms with van der Waals surface area (Å²) >= 11 is 9.22. The third-order valence-corrected chi connectivity index (χ3v) is 4.70. The summed E-state index contributed by atoms with van der Waals surface area (Å²) < 4.78 is 0.702. The van der Waals surface area contributed by atoms with E-state index in [1.54, 1.807) is 18.2 Å². The topological polar surface area (TPSA) is 75.4 Å². The van der Waals surface area contributed by atoms with Gasteiger partial charge in [0.1, 0.15) is 0 Å². The lowest BCUT2D eigenvalue weighted by Crippen LogP contribution is -2.46. The lowest BCUT2D eigenvalue weighted by Gasteiger charge is -2.31. The van der Waals surface area contributed by atoms with Gasteiger partial charge in [-0.25, -0.2) is 0 Å². The van der Waals surface area contributed by atoms with E-state index in [1.165, 1.54) is 0 Å². The third kappa shape index (κ3) is 4.69. The van der Waals surface area contributed by atoms with Crippen molar-refractivity contribution in [2.75, 3.05) is 19.6 Å². The number of piperidine rings is 1. The zero-order valence-corrected chi connectivity index (χ0v) is 13.8. The van der Waals surface area contributed by atoms with Crippen LogP contribution in [0.2, 0.25) is 5.02 Å². The first kappa shape index (κ1) is 16.3. The highest BCUT2D eigenvalue weighted by Crippen LogP contribution is 2.23. The molecule has 1 heterocycles. The fraction of sp³-hybridized carbons (Fsp3) is 0.429. The lowest BCUT2D eigenvalue weighted by molar-refractivity contribution is -0.119. The number of nitrogens with zero attached hydrogens (tertiary/aromatic N) is 1. The average Bonchev–Trinajstić information content (AvgIpc) is 2.43. The van der Waals surface area contributed by atoms with Gasteiger partial charge in [-0.1, -0.05) is 11.6 Å². The maximum Gasteiger partial charge on any atom is 0.251 e. The van der Waals surface area contributed by atoms with Crippen molar-refractivity contribution in [3.8, 4) is 0 Å². The van der Waals surface area contributed by atoms with Crippen molar-refractivity contribution >= 4 is 39.3 Å². The van der Waals surface area contributed by atoms with Crippen LogP contribution in [0.4, 0.5) is 0 Å². The standard InChI is InChI=1S/C14H17BrClN3O2/c15-11-7-9(1-2-12(11)16)14(21)18-10-3-5-19(6-4-10)8-13(17)20/h1-2,7,10H,3-6,8H2,(H2,17,20)(H,18,21). The van der Waals surface area contributed by atoms with E-state index in [1.807, 2.05) is 4.90 Å². The molecule has 0 saturated carbocycles. The molecule has 0 aromatic heterocycles. The molecule has 0 aliphatic carbocycles. The molecule has 1 aromatic rings. The van der Waals surface area contributed by atoms with Crippen molar-refractivity contribution in [1.29, 1.82) is 0 Å². The molecule has 0 bridgehead atoms. The molecular weight excluding hydrogens is 358 g/mol. The molecule has 1 fully saturated rings. The Labute approximate surface area is 136 Å². The van der Waals surface area contributed by atoms with Gasteiger partial charge in [0.25, 0.3) is 5.91 Å². The first-order chi connectivity index (χ1) is 9.95. The lowest BCUT2D eigenvalue weighted by atomic mass is 10.0. The highest BCUT2D eigenvalue weighted by atomic mass is 79.9. The van der Waals surface area contributed by atoms with Crippen molar-refractivity contribution in [3.05, 3.63) is 33.3 Å². The highest BCUT2D eigenvalue weighted by molar-refractivity contribution is 9.10. The minimum atomic E-state index is -0.316. The number of carbonyl (C=O) groups is 2. The molecule has 2 rings (SSSR count). The van der Waals surface area contributed by atoms with E-state index in [0.717, 1.165) is 25.9 Å². The third-order valence-electron chi connectivity index (χ3n) is 3.48. The molecule has 5 nitrogen and oxygen atoms in total. The minimum Gasteiger partial charge on any atom is -0.369 e. The van der Waals surface area contributed by atoms with Gasteiger partial charge in [-0.3, -0.25) is 14.5 Å². The van der Waals surface area contributed by atoms with Gasteiger partial charge in [-0.2, -0.15) is 0 Å². The Hall–Kier alpha value is -1.11. The van der Waals surface area contributed by atoms with Crippen molar-refractivity contribution in [3.63, 3.8) is 0 Å². The number of benzene rings is 1. The van der Waals surface area contributed by atoms with Crippen LogP contribution in [0.3, 0.4) is 0 Å². The molecule has 114 valence electrons. The number of rotatable bonds is 4. The maximum atomic E-state index is 12.2. The minimum absolute atomic E-state index is 0.110. The maximum absolute atomic E-state index is 12.2. The number of nitrogens with one attached hydrogen (secondary N) is 1. The van der Waals surface area contributed by atoms with E-state index in [2.05, 4.69) is 21.2 Å². The van der Waals surface area contributed by atoms with Gasteiger partial charge in [-0.05, 0) is 47.0 Å². The van der Waals surface area contributed by atoms with Gasteiger partial charge in [0.15, 0.2) is 0 Å². The number of carbonyl (C=O) groups excluding carboxylic acids is 2. The second-order valence-electron chi connectivity index (χ2n) is 5.12. The van der Waals surface area contributed by atoms with Crippen LogP contribution in [0.1, 0.15) is 23.2 Å². The molecule has 3 N–H and O–H groups in total. The van der Waals surface area contributed by atoms with Crippen LogP contribution in [0.15, 0.2) is 22.7 Å². The molecule has 1 aliphatic heterocycles. The second-order valence-corrected chi connectivity index (χ2v) is 6.38. The summed E-state index contributed by atoms with van der Waals surface area (Å²) in [5.41, 5.74) is 5.75. The Morgan fingerprint density at radius 2 is 2.05 bits per heavy atom. The summed E-state index contributed by atoms with van der Waals surface area (Å²) in [5.74, 6) is -0.427. The summed E-state index contributed by atoms with van der Waals surface area (Å²) in [6.45, 7) is 1.81. The van der Waals surface area contributed by atoms with E-state index in [0.29, 0.717) is 15.1 Å². The molecule has 0 unspecified atom stereocenters. The first-order valence-corrected chi connectivity index (χ1v) is 7.89. The number of likely N-dealkylation sites (tertiary alicyclic amines) is 1. The van der Waals surface area contributed by atoms with E-state index in [4.69, 9.17) is 17.3 Å². The number of hydrogen-bond acceptors (Lipinski definition) is 3. The number of hydrogen-bond donors (Lipinski definition) is 2. The Balaban J connectivity index is 1.86. The zero-order chi connectivity index (χ0) is 15.4. The van der Waals surface area contributed by atoms with Crippen molar-refractivity contribution < 1.29 is 9.59 Å². The fourth-order valence-corrected chi connectivity index (χ4v) is 2.86. The number of amides is 2. The number of halogens is 2. The SMILES string of the molecule is NC(=O)CN1CCC(NC(=O)c2ccc(Cl)c(Br)c2)CC1. The normalized spacial score (nSPS) is 16.7. The van der Waals surface area contributed by atoms with Gasteiger partial charge in [-0.15, -0.1) is 0 Å². The van der Waals surface area contributed by atoms with E-state index >= 15 is 0 Å². The van der Waals surface area contributed by atoms with E-state index in [9.17, 15) is 9.59 Å². The van der Waals surface area contributed by atoms with Gasteiger partial charge < -0.3 is 11.1 Å². The zero-order valence-electron chi connectivity index (χ0n) is 11.4. The molecule has 2 amide bonds. The second kappa shape index (κ2) is 7.24. The molecule has 0 radical (unpaired) electrons. The monoisotopic (exact) mass is 373 g/mol. The summed E-state index contributed by atoms with van der Waals surface area (Å²) in [7, 11) is 0. The summed E-state index contributed by atoms with van der Waals surface area (Å²) in [4.78, 5) is 25.0. The van der Waals surface area contributed by atoms with Crippen molar-refractivity contribution in [2.24, 2.45) is 5.73 Å². The molecule has 0 atom stereocenters. The highest BCUT2D eigenvalue weighted by Gasteiger charge is 2.22. The molecule has 21 heavy (non-hydrogen) atoms. The fourth-order valence-electron chi connectivity index (χ4n) is 2.36. The van der Waals surface area contributed by atoms with Crippen LogP contribution in [0.5, 0.6) is 0 Å². The molecule has 1 saturated heterocycles. The Morgan fingerprint density at radius 3 is 2.62 bits per heavy atom. The number of nitrogens with two attached hydrogens (primary N) is 1. The van der Waals surface area contributed by atoms with Gasteiger partial charge in [0.05, 0.1) is 11.6 Å². The summed E-state index contributed by atoms with van der Waals surface area (Å²) in [6.07, 6.45) is 1.63. The molecule has 1 aromatic carbocycles. The van der Waals surface area contributed by atoms with Crippen LogP contribution in [0.25, 0.3) is 0 Å². The quantitative estimate of drug-likeness (QED) is 0.843. The predicted octanol–water partition coefficient (Wildman–Crippen LogP) is 1.78. The predicted molar refractivity (Wildman–Crippen MR) is 85.3 cm³/mol. The average molecular weight is 375 g/mol. The molecule has 1 aliphatic rings. The molecule has 0 spiro atoms. The summed E-state index contributed by atoms with van der Waals surface area (Å²) in [6, 6.07) is 5.22. The van der Waals surface area contributed by atoms with Gasteiger partial charge >= 0.3 is 0 Å². The smallest absolute Gasteiger partial charge is 0.251 e. The van der Waals surface area contributed by atoms with E-state index < -0.39 is 0 Å². The molecular formula is C14H17BrClN3O2. The summed E-state index contributed by atoms with van der Waals surface area (Å²) in [5, 5.41) is 3.59. The van der Waals surface area contributed by atoms with Crippen LogP contribution in [-0.2, 0) is 4.79 Å². The van der Waals surface area contributed by atoms with Crippen LogP contribution >= 0.6 is 27.5 Å². The van der Waals surface area contributed by atoms with Gasteiger partial charge in [0.2, 0.25) is 5.91 Å². The van der Waals surface area contributed by atoms with Crippen molar-refractivity contribution in [2.45, 2.75) is 18.9 Å². The molecule has 7 heteroatoms. The Bertz CT molecular complexity index is 545. The van der Waals surface area contributed by atoms with Gasteiger partial charge in [0, 0.05) is 29.2 Å². The van der Waals surface area contributed by atoms with Crippen LogP contribution in [0, 0.1) is 0 Å².